The third-order valence-electron chi connectivity index (χ3n) is 4.50. The molecule has 0 amide bonds. The second-order valence-corrected chi connectivity index (χ2v) is 6.10. The summed E-state index contributed by atoms with van der Waals surface area (Å²) in [5.41, 5.74) is 2.81. The van der Waals surface area contributed by atoms with Gasteiger partial charge in [-0.3, -0.25) is 0 Å². The van der Waals surface area contributed by atoms with Gasteiger partial charge >= 0.3 is 5.97 Å². The monoisotopic (exact) mass is 352 g/mol. The van der Waals surface area contributed by atoms with E-state index in [9.17, 15) is 4.79 Å². The first-order valence-corrected chi connectivity index (χ1v) is 8.65. The van der Waals surface area contributed by atoms with Crippen molar-refractivity contribution < 1.29 is 14.3 Å². The highest BCUT2D eigenvalue weighted by molar-refractivity contribution is 5.75. The molecule has 2 heterocycles. The fourth-order valence-corrected chi connectivity index (χ4v) is 3.27. The molecule has 0 bridgehead atoms. The van der Waals surface area contributed by atoms with Gasteiger partial charge in [-0.25, -0.2) is 14.4 Å². The van der Waals surface area contributed by atoms with E-state index in [-0.39, 0.29) is 12.0 Å². The van der Waals surface area contributed by atoms with Gasteiger partial charge in [-0.15, -0.1) is 5.10 Å². The van der Waals surface area contributed by atoms with Gasteiger partial charge in [-0.1, -0.05) is 47.7 Å². The van der Waals surface area contributed by atoms with E-state index in [4.69, 9.17) is 9.47 Å². The first-order valence-electron chi connectivity index (χ1n) is 8.65. The zero-order valence-electron chi connectivity index (χ0n) is 14.5. The Labute approximate surface area is 151 Å². The summed E-state index contributed by atoms with van der Waals surface area (Å²) in [6.07, 6.45) is -0.761. The topological polar surface area (TPSA) is 69.5 Å². The lowest BCUT2D eigenvalue weighted by Gasteiger charge is -2.26. The Morgan fingerprint density at radius 2 is 1.96 bits per heavy atom. The van der Waals surface area contributed by atoms with Gasteiger partial charge < -0.3 is 9.47 Å². The van der Waals surface area contributed by atoms with Crippen LogP contribution in [0.2, 0.25) is 0 Å². The number of benzene rings is 2. The van der Waals surface area contributed by atoms with Gasteiger partial charge in [0.25, 0.3) is 0 Å². The van der Waals surface area contributed by atoms with E-state index in [1.165, 1.54) is 0 Å². The van der Waals surface area contributed by atoms with E-state index >= 15 is 0 Å². The van der Waals surface area contributed by atoms with Crippen LogP contribution in [-0.2, 0) is 20.9 Å². The lowest BCUT2D eigenvalue weighted by Crippen LogP contribution is -2.40. The van der Waals surface area contributed by atoms with E-state index in [2.05, 4.69) is 10.3 Å². The molecule has 1 saturated heterocycles. The number of para-hydroxylation sites is 1. The van der Waals surface area contributed by atoms with E-state index in [1.54, 1.807) is 11.6 Å². The van der Waals surface area contributed by atoms with Crippen LogP contribution in [0.15, 0.2) is 54.6 Å². The number of aromatic nitrogens is 3. The van der Waals surface area contributed by atoms with E-state index in [1.807, 2.05) is 59.5 Å². The van der Waals surface area contributed by atoms with Crippen molar-refractivity contribution in [2.75, 3.05) is 13.2 Å². The minimum Gasteiger partial charge on any atom is -0.463 e. The molecule has 0 unspecified atom stereocenters. The Kier molecular flexibility index (Phi) is 4.64. The zero-order chi connectivity index (χ0) is 17.9. The van der Waals surface area contributed by atoms with Crippen molar-refractivity contribution in [1.82, 2.24) is 19.9 Å². The molecule has 0 saturated carbocycles. The summed E-state index contributed by atoms with van der Waals surface area (Å²) in [5.74, 6) is -0.379. The second kappa shape index (κ2) is 7.23. The maximum Gasteiger partial charge on any atom is 0.350 e. The summed E-state index contributed by atoms with van der Waals surface area (Å²) in [5, 5.41) is 8.44. The number of esters is 1. The standard InChI is InChI=1S/C19H20N4O3/c1-2-25-19(24)18-22(17(12-26-18)14-8-4-3-5-9-14)13-23-16-11-7-6-10-15(16)20-21-23/h3-11,17-18H,2,12-13H2,1H3/t17-,18+/m1/s1. The fourth-order valence-electron chi connectivity index (χ4n) is 3.27. The Morgan fingerprint density at radius 3 is 2.77 bits per heavy atom. The predicted octanol–water partition coefficient (Wildman–Crippen LogP) is 2.35. The van der Waals surface area contributed by atoms with Gasteiger partial charge in [-0.2, -0.15) is 0 Å². The lowest BCUT2D eigenvalue weighted by molar-refractivity contribution is -0.162. The Bertz CT molecular complexity index is 896. The van der Waals surface area contributed by atoms with Crippen LogP contribution in [0.3, 0.4) is 0 Å². The number of fused-ring (bicyclic) bond motifs is 1. The highest BCUT2D eigenvalue weighted by atomic mass is 16.6. The molecule has 0 spiro atoms. The number of hydrogen-bond acceptors (Lipinski definition) is 6. The van der Waals surface area contributed by atoms with E-state index in [0.717, 1.165) is 16.6 Å². The van der Waals surface area contributed by atoms with Crippen molar-refractivity contribution in [1.29, 1.82) is 0 Å². The first-order chi connectivity index (χ1) is 12.8. The van der Waals surface area contributed by atoms with Crippen LogP contribution in [0.4, 0.5) is 0 Å². The van der Waals surface area contributed by atoms with Gasteiger partial charge in [0.2, 0.25) is 6.23 Å². The molecule has 0 N–H and O–H groups in total. The van der Waals surface area contributed by atoms with Crippen molar-refractivity contribution in [2.24, 2.45) is 0 Å². The number of carbonyl (C=O) groups is 1. The van der Waals surface area contributed by atoms with Gasteiger partial charge in [-0.05, 0) is 24.6 Å². The Morgan fingerprint density at radius 1 is 1.19 bits per heavy atom. The summed E-state index contributed by atoms with van der Waals surface area (Å²) in [7, 11) is 0. The molecule has 7 nitrogen and oxygen atoms in total. The lowest BCUT2D eigenvalue weighted by atomic mass is 10.1. The summed E-state index contributed by atoms with van der Waals surface area (Å²) < 4.78 is 12.8. The number of ether oxygens (including phenoxy) is 2. The van der Waals surface area contributed by atoms with Gasteiger partial charge in [0.05, 0.1) is 31.4 Å². The molecule has 2 aromatic carbocycles. The van der Waals surface area contributed by atoms with Crippen molar-refractivity contribution in [2.45, 2.75) is 25.9 Å². The van der Waals surface area contributed by atoms with Crippen molar-refractivity contribution in [3.05, 3.63) is 60.2 Å². The first kappa shape index (κ1) is 16.7. The number of rotatable bonds is 5. The summed E-state index contributed by atoms with van der Waals surface area (Å²) in [6.45, 7) is 2.90. The molecular formula is C19H20N4O3. The summed E-state index contributed by atoms with van der Waals surface area (Å²) >= 11 is 0. The normalized spacial score (nSPS) is 20.5. The second-order valence-electron chi connectivity index (χ2n) is 6.10. The Hall–Kier alpha value is -2.77. The van der Waals surface area contributed by atoms with E-state index in [0.29, 0.717) is 19.9 Å². The fraction of sp³-hybridized carbons (Fsp3) is 0.316. The largest absolute Gasteiger partial charge is 0.463 e. The minimum absolute atomic E-state index is 0.0615. The third-order valence-corrected chi connectivity index (χ3v) is 4.50. The maximum atomic E-state index is 12.4. The maximum absolute atomic E-state index is 12.4. The molecule has 1 aliphatic rings. The third kappa shape index (κ3) is 3.07. The number of nitrogens with zero attached hydrogens (tertiary/aromatic N) is 4. The van der Waals surface area contributed by atoms with Crippen LogP contribution in [0.1, 0.15) is 18.5 Å². The minimum atomic E-state index is -0.761. The average molecular weight is 352 g/mol. The molecule has 1 aromatic heterocycles. The molecule has 1 aliphatic heterocycles. The highest BCUT2D eigenvalue weighted by Crippen LogP contribution is 2.31. The van der Waals surface area contributed by atoms with Gasteiger partial charge in [0.1, 0.15) is 5.52 Å². The molecule has 0 aliphatic carbocycles. The zero-order valence-corrected chi connectivity index (χ0v) is 14.5. The smallest absolute Gasteiger partial charge is 0.350 e. The summed E-state index contributed by atoms with van der Waals surface area (Å²) in [4.78, 5) is 14.4. The molecule has 2 atom stereocenters. The van der Waals surface area contributed by atoms with Gasteiger partial charge in [0.15, 0.2) is 0 Å². The predicted molar refractivity (Wildman–Crippen MR) is 94.9 cm³/mol. The highest BCUT2D eigenvalue weighted by Gasteiger charge is 2.41. The van der Waals surface area contributed by atoms with Crippen LogP contribution < -0.4 is 0 Å². The van der Waals surface area contributed by atoms with E-state index < -0.39 is 6.23 Å². The van der Waals surface area contributed by atoms with Crippen LogP contribution in [0.5, 0.6) is 0 Å². The molecule has 0 radical (unpaired) electrons. The van der Waals surface area contributed by atoms with Crippen LogP contribution in [-0.4, -0.2) is 45.3 Å². The SMILES string of the molecule is CCOC(=O)[C@@H]1OC[C@H](c2ccccc2)N1Cn1nnc2ccccc21. The molecule has 7 heteroatoms. The number of hydrogen-bond donors (Lipinski definition) is 0. The molecular weight excluding hydrogens is 332 g/mol. The number of carbonyl (C=O) groups excluding carboxylic acids is 1. The molecule has 134 valence electrons. The van der Waals surface area contributed by atoms with Gasteiger partial charge in [0, 0.05) is 0 Å². The Balaban J connectivity index is 1.67. The quantitative estimate of drug-likeness (QED) is 0.657. The van der Waals surface area contributed by atoms with Crippen LogP contribution in [0.25, 0.3) is 11.0 Å². The van der Waals surface area contributed by atoms with Crippen LogP contribution >= 0.6 is 0 Å². The van der Waals surface area contributed by atoms with Crippen molar-refractivity contribution >= 4 is 17.0 Å². The summed E-state index contributed by atoms with van der Waals surface area (Å²) in [6, 6.07) is 17.7. The van der Waals surface area contributed by atoms with Crippen LogP contribution in [0, 0.1) is 0 Å². The van der Waals surface area contributed by atoms with Crippen molar-refractivity contribution in [3.63, 3.8) is 0 Å². The average Bonchev–Trinajstić information content (AvgIpc) is 3.28. The molecule has 26 heavy (non-hydrogen) atoms. The molecule has 3 aromatic rings. The molecule has 4 rings (SSSR count). The van der Waals surface area contributed by atoms with Crippen molar-refractivity contribution in [3.8, 4) is 0 Å². The molecule has 1 fully saturated rings.